The van der Waals surface area contributed by atoms with E-state index in [1.165, 1.54) is 12.0 Å². The maximum Gasteiger partial charge on any atom is 0.129 e. The molecule has 0 spiro atoms. The Morgan fingerprint density at radius 2 is 2.00 bits per heavy atom. The van der Waals surface area contributed by atoms with E-state index in [0.717, 1.165) is 38.0 Å². The number of likely N-dealkylation sites (tertiary alicyclic amines) is 1. The molecule has 2 aromatic rings. The van der Waals surface area contributed by atoms with Crippen LogP contribution in [-0.4, -0.2) is 33.1 Å². The first kappa shape index (κ1) is 16.0. The van der Waals surface area contributed by atoms with Crippen molar-refractivity contribution in [2.45, 2.75) is 31.4 Å². The lowest BCUT2D eigenvalue weighted by molar-refractivity contribution is -0.148. The molecule has 0 radical (unpaired) electrons. The van der Waals surface area contributed by atoms with Crippen molar-refractivity contribution in [1.82, 2.24) is 14.9 Å². The Balaban J connectivity index is 1.59. The van der Waals surface area contributed by atoms with Gasteiger partial charge in [0.1, 0.15) is 5.15 Å². The van der Waals surface area contributed by atoms with E-state index in [-0.39, 0.29) is 11.8 Å². The van der Waals surface area contributed by atoms with Crippen LogP contribution in [-0.2, 0) is 12.1 Å². The molecule has 2 fully saturated rings. The fourth-order valence-corrected chi connectivity index (χ4v) is 4.72. The van der Waals surface area contributed by atoms with Gasteiger partial charge in [-0.05, 0) is 42.2 Å². The van der Waals surface area contributed by atoms with Gasteiger partial charge in [0.05, 0.1) is 5.60 Å². The summed E-state index contributed by atoms with van der Waals surface area (Å²) in [5.41, 5.74) is 1.38. The number of nitrogens with zero attached hydrogens (tertiary/aromatic N) is 3. The maximum atomic E-state index is 11.6. The molecular formula is C19H22ClN3O. The number of hydrogen-bond acceptors (Lipinski definition) is 4. The third kappa shape index (κ3) is 2.83. The van der Waals surface area contributed by atoms with Crippen LogP contribution in [0.3, 0.4) is 0 Å². The molecule has 1 saturated heterocycles. The lowest BCUT2D eigenvalue weighted by Crippen LogP contribution is -2.57. The number of fused-ring (bicyclic) bond motifs is 2. The topological polar surface area (TPSA) is 49.3 Å². The number of aromatic nitrogens is 2. The average Bonchev–Trinajstić information content (AvgIpc) is 2.57. The fourth-order valence-electron chi connectivity index (χ4n) is 4.54. The van der Waals surface area contributed by atoms with E-state index < -0.39 is 5.60 Å². The Kier molecular flexibility index (Phi) is 4.29. The largest absolute Gasteiger partial charge is 0.384 e. The predicted molar refractivity (Wildman–Crippen MR) is 93.5 cm³/mol. The Morgan fingerprint density at radius 3 is 2.67 bits per heavy atom. The van der Waals surface area contributed by atoms with E-state index in [4.69, 9.17) is 11.6 Å². The van der Waals surface area contributed by atoms with Crippen molar-refractivity contribution in [2.75, 3.05) is 13.1 Å². The molecule has 3 atom stereocenters. The lowest BCUT2D eigenvalue weighted by atomic mass is 9.62. The van der Waals surface area contributed by atoms with Gasteiger partial charge in [0, 0.05) is 50.1 Å². The third-order valence-corrected chi connectivity index (χ3v) is 5.83. The molecule has 2 aromatic heterocycles. The average molecular weight is 344 g/mol. The fraction of sp³-hybridized carbons (Fsp3) is 0.474. The smallest absolute Gasteiger partial charge is 0.129 e. The summed E-state index contributed by atoms with van der Waals surface area (Å²) in [5.74, 6) is 0.472. The summed E-state index contributed by atoms with van der Waals surface area (Å²) in [6.45, 7) is 2.71. The van der Waals surface area contributed by atoms with Gasteiger partial charge in [0.15, 0.2) is 0 Å². The minimum Gasteiger partial charge on any atom is -0.384 e. The second-order valence-electron chi connectivity index (χ2n) is 7.07. The highest BCUT2D eigenvalue weighted by atomic mass is 35.5. The first-order chi connectivity index (χ1) is 11.7. The van der Waals surface area contributed by atoms with E-state index in [1.807, 2.05) is 24.4 Å². The van der Waals surface area contributed by atoms with Crippen molar-refractivity contribution in [2.24, 2.45) is 11.8 Å². The van der Waals surface area contributed by atoms with Crippen LogP contribution in [0.1, 0.15) is 30.4 Å². The zero-order valence-electron chi connectivity index (χ0n) is 13.6. The van der Waals surface area contributed by atoms with Crippen LogP contribution in [0, 0.1) is 11.8 Å². The summed E-state index contributed by atoms with van der Waals surface area (Å²) >= 11 is 6.08. The molecule has 1 aliphatic heterocycles. The number of halogens is 1. The number of aliphatic hydroxyl groups is 1. The second kappa shape index (κ2) is 6.43. The minimum atomic E-state index is -0.781. The van der Waals surface area contributed by atoms with Crippen LogP contribution in [0.2, 0.25) is 5.15 Å². The summed E-state index contributed by atoms with van der Waals surface area (Å²) < 4.78 is 0. The highest BCUT2D eigenvalue weighted by Crippen LogP contribution is 2.49. The van der Waals surface area contributed by atoms with Crippen molar-refractivity contribution in [3.05, 3.63) is 59.1 Å². The summed E-state index contributed by atoms with van der Waals surface area (Å²) in [6.07, 6.45) is 8.73. The third-order valence-electron chi connectivity index (χ3n) is 5.63. The van der Waals surface area contributed by atoms with Gasteiger partial charge in [0.2, 0.25) is 0 Å². The van der Waals surface area contributed by atoms with Crippen molar-refractivity contribution < 1.29 is 5.11 Å². The van der Waals surface area contributed by atoms with Crippen LogP contribution < -0.4 is 0 Å². The zero-order valence-corrected chi connectivity index (χ0v) is 14.4. The van der Waals surface area contributed by atoms with Crippen molar-refractivity contribution in [3.8, 4) is 0 Å². The van der Waals surface area contributed by atoms with Crippen molar-refractivity contribution in [1.29, 1.82) is 0 Å². The van der Waals surface area contributed by atoms with Crippen molar-refractivity contribution >= 4 is 11.6 Å². The van der Waals surface area contributed by atoms with Crippen molar-refractivity contribution in [3.63, 3.8) is 0 Å². The molecule has 0 amide bonds. The van der Waals surface area contributed by atoms with E-state index >= 15 is 0 Å². The molecule has 24 heavy (non-hydrogen) atoms. The molecule has 5 heteroatoms. The first-order valence-electron chi connectivity index (χ1n) is 8.62. The monoisotopic (exact) mass is 343 g/mol. The zero-order chi connectivity index (χ0) is 16.6. The molecule has 0 unspecified atom stereocenters. The molecule has 1 saturated carbocycles. The van der Waals surface area contributed by atoms with Gasteiger partial charge < -0.3 is 5.11 Å². The summed E-state index contributed by atoms with van der Waals surface area (Å²) in [5, 5.41) is 12.1. The van der Waals surface area contributed by atoms with Gasteiger partial charge in [-0.15, -0.1) is 0 Å². The summed E-state index contributed by atoms with van der Waals surface area (Å²) in [4.78, 5) is 10.7. The van der Waals surface area contributed by atoms with Crippen LogP contribution >= 0.6 is 11.6 Å². The number of rotatable bonds is 3. The van der Waals surface area contributed by atoms with Gasteiger partial charge in [-0.25, -0.2) is 4.98 Å². The molecule has 3 heterocycles. The number of piperidine rings is 1. The molecule has 0 aromatic carbocycles. The van der Waals surface area contributed by atoms with Crippen LogP contribution in [0.25, 0.3) is 0 Å². The summed E-state index contributed by atoms with van der Waals surface area (Å²) in [7, 11) is 0. The molecule has 2 bridgehead atoms. The first-order valence-corrected chi connectivity index (χ1v) is 8.99. The van der Waals surface area contributed by atoms with Crippen LogP contribution in [0.5, 0.6) is 0 Å². The normalized spacial score (nSPS) is 30.2. The van der Waals surface area contributed by atoms with Crippen LogP contribution in [0.4, 0.5) is 0 Å². The highest BCUT2D eigenvalue weighted by Gasteiger charge is 2.51. The molecule has 1 aliphatic carbocycles. The molecule has 2 aliphatic rings. The number of hydrogen-bond donors (Lipinski definition) is 1. The van der Waals surface area contributed by atoms with E-state index in [1.54, 1.807) is 12.4 Å². The van der Waals surface area contributed by atoms with Gasteiger partial charge in [-0.1, -0.05) is 24.1 Å². The predicted octanol–water partition coefficient (Wildman–Crippen LogP) is 3.25. The standard InChI is InChI=1S/C19H22ClN3O/c20-18-9-15(6-8-22-18)19(24)16-4-1-5-17(19)13-23(12-16)11-14-3-2-7-21-10-14/h2-3,6-10,16-17,24H,1,4-5,11-13H2/t16-,17+,19+. The van der Waals surface area contributed by atoms with Gasteiger partial charge in [-0.3, -0.25) is 9.88 Å². The lowest BCUT2D eigenvalue weighted by Gasteiger charge is -2.53. The molecular weight excluding hydrogens is 322 g/mol. The quantitative estimate of drug-likeness (QED) is 0.869. The molecule has 1 N–H and O–H groups in total. The van der Waals surface area contributed by atoms with Gasteiger partial charge >= 0.3 is 0 Å². The van der Waals surface area contributed by atoms with E-state index in [9.17, 15) is 5.11 Å². The Hall–Kier alpha value is -1.49. The minimum absolute atomic E-state index is 0.236. The van der Waals surface area contributed by atoms with E-state index in [0.29, 0.717) is 5.15 Å². The Labute approximate surface area is 147 Å². The van der Waals surface area contributed by atoms with Gasteiger partial charge in [0.25, 0.3) is 0 Å². The molecule has 4 rings (SSSR count). The maximum absolute atomic E-state index is 11.6. The number of pyridine rings is 2. The Morgan fingerprint density at radius 1 is 1.21 bits per heavy atom. The molecule has 4 nitrogen and oxygen atoms in total. The van der Waals surface area contributed by atoms with Gasteiger partial charge in [-0.2, -0.15) is 0 Å². The SMILES string of the molecule is O[C@@]1(c2ccnc(Cl)c2)[C@@H]2CCC[C@H]1CN(Cc1cccnc1)C2. The Bertz CT molecular complexity index is 695. The van der Waals surface area contributed by atoms with E-state index in [2.05, 4.69) is 20.9 Å². The second-order valence-corrected chi connectivity index (χ2v) is 7.46. The molecule has 126 valence electrons. The summed E-state index contributed by atoms with van der Waals surface area (Å²) in [6, 6.07) is 7.86. The highest BCUT2D eigenvalue weighted by molar-refractivity contribution is 6.29. The van der Waals surface area contributed by atoms with Crippen LogP contribution in [0.15, 0.2) is 42.9 Å².